The summed E-state index contributed by atoms with van der Waals surface area (Å²) in [4.78, 5) is 12.1. The largest absolute Gasteiger partial charge is 0.497 e. The van der Waals surface area contributed by atoms with Crippen LogP contribution in [0, 0.1) is 0 Å². The van der Waals surface area contributed by atoms with Gasteiger partial charge in [-0.3, -0.25) is 4.79 Å². The average molecular weight is 248 g/mol. The molecule has 0 spiro atoms. The van der Waals surface area contributed by atoms with Crippen LogP contribution in [-0.2, 0) is 0 Å². The Kier molecular flexibility index (Phi) is 4.20. The molecule has 1 aromatic rings. The van der Waals surface area contributed by atoms with E-state index in [0.717, 1.165) is 31.4 Å². The fourth-order valence-electron chi connectivity index (χ4n) is 2.33. The van der Waals surface area contributed by atoms with Crippen molar-refractivity contribution < 1.29 is 9.53 Å². The van der Waals surface area contributed by atoms with Gasteiger partial charge in [-0.2, -0.15) is 0 Å². The SMILES string of the molecule is COc1ccc(C(=O)N[C@@H]2CCCC[C@H]2N)cc1. The molecule has 4 heteroatoms. The van der Waals surface area contributed by atoms with Crippen molar-refractivity contribution in [3.05, 3.63) is 29.8 Å². The topological polar surface area (TPSA) is 64.3 Å². The lowest BCUT2D eigenvalue weighted by Crippen LogP contribution is -2.49. The lowest BCUT2D eigenvalue weighted by molar-refractivity contribution is 0.0921. The van der Waals surface area contributed by atoms with Gasteiger partial charge in [-0.05, 0) is 37.1 Å². The van der Waals surface area contributed by atoms with Crippen molar-refractivity contribution in [2.45, 2.75) is 37.8 Å². The smallest absolute Gasteiger partial charge is 0.251 e. The van der Waals surface area contributed by atoms with Crippen LogP contribution in [0.2, 0.25) is 0 Å². The second-order valence-corrected chi connectivity index (χ2v) is 4.76. The molecular formula is C14H20N2O2. The number of ether oxygens (including phenoxy) is 1. The summed E-state index contributed by atoms with van der Waals surface area (Å²) in [5.74, 6) is 0.695. The van der Waals surface area contributed by atoms with Gasteiger partial charge >= 0.3 is 0 Å². The van der Waals surface area contributed by atoms with Crippen molar-refractivity contribution in [1.29, 1.82) is 0 Å². The highest BCUT2D eigenvalue weighted by Crippen LogP contribution is 2.18. The molecule has 98 valence electrons. The molecular weight excluding hydrogens is 228 g/mol. The molecule has 0 aliphatic heterocycles. The van der Waals surface area contributed by atoms with E-state index in [0.29, 0.717) is 5.56 Å². The lowest BCUT2D eigenvalue weighted by Gasteiger charge is -2.29. The second kappa shape index (κ2) is 5.87. The fraction of sp³-hybridized carbons (Fsp3) is 0.500. The van der Waals surface area contributed by atoms with Crippen molar-refractivity contribution in [1.82, 2.24) is 5.32 Å². The summed E-state index contributed by atoms with van der Waals surface area (Å²) < 4.78 is 5.06. The molecule has 0 saturated heterocycles. The summed E-state index contributed by atoms with van der Waals surface area (Å²) in [6.45, 7) is 0. The first-order chi connectivity index (χ1) is 8.70. The monoisotopic (exact) mass is 248 g/mol. The summed E-state index contributed by atoms with van der Waals surface area (Å²) in [6, 6.07) is 7.30. The normalized spacial score (nSPS) is 23.4. The van der Waals surface area contributed by atoms with Gasteiger partial charge < -0.3 is 15.8 Å². The Morgan fingerprint density at radius 1 is 1.28 bits per heavy atom. The van der Waals surface area contributed by atoms with Gasteiger partial charge in [0.25, 0.3) is 5.91 Å². The molecule has 18 heavy (non-hydrogen) atoms. The highest BCUT2D eigenvalue weighted by atomic mass is 16.5. The number of carbonyl (C=O) groups excluding carboxylic acids is 1. The first-order valence-corrected chi connectivity index (χ1v) is 6.41. The van der Waals surface area contributed by atoms with E-state index in [1.807, 2.05) is 0 Å². The van der Waals surface area contributed by atoms with E-state index in [1.165, 1.54) is 0 Å². The van der Waals surface area contributed by atoms with Gasteiger partial charge in [-0.15, -0.1) is 0 Å². The Hall–Kier alpha value is -1.55. The van der Waals surface area contributed by atoms with E-state index >= 15 is 0 Å². The molecule has 0 unspecified atom stereocenters. The predicted octanol–water partition coefficient (Wildman–Crippen LogP) is 1.69. The van der Waals surface area contributed by atoms with Gasteiger partial charge in [0.15, 0.2) is 0 Å². The standard InChI is InChI=1S/C14H20N2O2/c1-18-11-8-6-10(7-9-11)14(17)16-13-5-3-2-4-12(13)15/h6-9,12-13H,2-5,15H2,1H3,(H,16,17)/t12-,13-/m1/s1. The van der Waals surface area contributed by atoms with Crippen molar-refractivity contribution in [2.24, 2.45) is 5.73 Å². The molecule has 0 radical (unpaired) electrons. The molecule has 2 atom stereocenters. The minimum atomic E-state index is -0.0556. The molecule has 3 N–H and O–H groups in total. The number of methoxy groups -OCH3 is 1. The number of nitrogens with two attached hydrogens (primary N) is 1. The van der Waals surface area contributed by atoms with Gasteiger partial charge in [0, 0.05) is 17.6 Å². The molecule has 1 aromatic carbocycles. The Bertz CT molecular complexity index is 403. The highest BCUT2D eigenvalue weighted by molar-refractivity contribution is 5.94. The Morgan fingerprint density at radius 3 is 2.56 bits per heavy atom. The van der Waals surface area contributed by atoms with E-state index in [4.69, 9.17) is 10.5 Å². The Morgan fingerprint density at radius 2 is 1.94 bits per heavy atom. The molecule has 0 heterocycles. The van der Waals surface area contributed by atoms with Gasteiger partial charge in [0.05, 0.1) is 7.11 Å². The molecule has 4 nitrogen and oxygen atoms in total. The first-order valence-electron chi connectivity index (χ1n) is 6.41. The van der Waals surface area contributed by atoms with Crippen LogP contribution < -0.4 is 15.8 Å². The number of benzene rings is 1. The molecule has 0 bridgehead atoms. The molecule has 1 aliphatic carbocycles. The van der Waals surface area contributed by atoms with Crippen molar-refractivity contribution >= 4 is 5.91 Å². The molecule has 1 fully saturated rings. The van der Waals surface area contributed by atoms with E-state index in [-0.39, 0.29) is 18.0 Å². The molecule has 0 aromatic heterocycles. The van der Waals surface area contributed by atoms with Crippen molar-refractivity contribution in [3.8, 4) is 5.75 Å². The van der Waals surface area contributed by atoms with Crippen LogP contribution in [0.5, 0.6) is 5.75 Å². The summed E-state index contributed by atoms with van der Waals surface area (Å²) >= 11 is 0. The van der Waals surface area contributed by atoms with Crippen LogP contribution >= 0.6 is 0 Å². The third-order valence-corrected chi connectivity index (χ3v) is 3.49. The molecule has 1 amide bonds. The number of nitrogens with one attached hydrogen (secondary N) is 1. The van der Waals surface area contributed by atoms with E-state index < -0.39 is 0 Å². The van der Waals surface area contributed by atoms with Crippen LogP contribution in [0.25, 0.3) is 0 Å². The minimum Gasteiger partial charge on any atom is -0.497 e. The minimum absolute atomic E-state index is 0.0556. The Balaban J connectivity index is 1.97. The van der Waals surface area contributed by atoms with E-state index in [2.05, 4.69) is 5.32 Å². The molecule has 1 saturated carbocycles. The zero-order valence-electron chi connectivity index (χ0n) is 10.7. The Labute approximate surface area is 108 Å². The van der Waals surface area contributed by atoms with Gasteiger partial charge in [0.1, 0.15) is 5.75 Å². The van der Waals surface area contributed by atoms with Crippen LogP contribution in [0.3, 0.4) is 0 Å². The van der Waals surface area contributed by atoms with Gasteiger partial charge in [-0.25, -0.2) is 0 Å². The zero-order valence-corrected chi connectivity index (χ0v) is 10.7. The first kappa shape index (κ1) is 12.9. The van der Waals surface area contributed by atoms with Crippen LogP contribution in [0.1, 0.15) is 36.0 Å². The molecule has 2 rings (SSSR count). The number of rotatable bonds is 3. The van der Waals surface area contributed by atoms with Crippen molar-refractivity contribution in [2.75, 3.05) is 7.11 Å². The van der Waals surface area contributed by atoms with Gasteiger partial charge in [0.2, 0.25) is 0 Å². The number of amides is 1. The lowest BCUT2D eigenvalue weighted by atomic mass is 9.91. The van der Waals surface area contributed by atoms with Crippen molar-refractivity contribution in [3.63, 3.8) is 0 Å². The molecule has 1 aliphatic rings. The maximum atomic E-state index is 12.1. The summed E-state index contributed by atoms with van der Waals surface area (Å²) in [5, 5.41) is 3.02. The van der Waals surface area contributed by atoms with Crippen LogP contribution in [0.15, 0.2) is 24.3 Å². The summed E-state index contributed by atoms with van der Waals surface area (Å²) in [6.07, 6.45) is 4.27. The van der Waals surface area contributed by atoms with E-state index in [1.54, 1.807) is 31.4 Å². The number of hydrogen-bond donors (Lipinski definition) is 2. The third kappa shape index (κ3) is 3.01. The quantitative estimate of drug-likeness (QED) is 0.855. The number of carbonyl (C=O) groups is 1. The number of hydrogen-bond acceptors (Lipinski definition) is 3. The maximum absolute atomic E-state index is 12.1. The summed E-state index contributed by atoms with van der Waals surface area (Å²) in [7, 11) is 1.61. The second-order valence-electron chi connectivity index (χ2n) is 4.76. The predicted molar refractivity (Wildman–Crippen MR) is 70.7 cm³/mol. The third-order valence-electron chi connectivity index (χ3n) is 3.49. The average Bonchev–Trinajstić information content (AvgIpc) is 2.41. The maximum Gasteiger partial charge on any atom is 0.251 e. The highest BCUT2D eigenvalue weighted by Gasteiger charge is 2.23. The summed E-state index contributed by atoms with van der Waals surface area (Å²) in [5.41, 5.74) is 6.66. The van der Waals surface area contributed by atoms with Crippen LogP contribution in [-0.4, -0.2) is 25.1 Å². The zero-order chi connectivity index (χ0) is 13.0. The van der Waals surface area contributed by atoms with Gasteiger partial charge in [-0.1, -0.05) is 12.8 Å². The van der Waals surface area contributed by atoms with E-state index in [9.17, 15) is 4.79 Å². The van der Waals surface area contributed by atoms with Crippen LogP contribution in [0.4, 0.5) is 0 Å². The fourth-order valence-corrected chi connectivity index (χ4v) is 2.33.